The molecule has 1 unspecified atom stereocenters. The molecular weight excluding hydrogens is 254 g/mol. The first kappa shape index (κ1) is 14.8. The molecule has 1 saturated heterocycles. The monoisotopic (exact) mass is 277 g/mol. The number of hydrogen-bond acceptors (Lipinski definition) is 4. The van der Waals surface area contributed by atoms with Crippen LogP contribution in [0.5, 0.6) is 5.75 Å². The van der Waals surface area contributed by atoms with E-state index < -0.39 is 0 Å². The number of carbonyl (C=O) groups is 1. The number of nitrogens with one attached hydrogen (secondary N) is 2. The molecule has 2 N–H and O–H groups in total. The van der Waals surface area contributed by atoms with Crippen molar-refractivity contribution >= 4 is 11.6 Å². The first-order chi connectivity index (χ1) is 9.71. The molecule has 1 aromatic carbocycles. The molecule has 1 fully saturated rings. The normalized spacial score (nSPS) is 19.0. The molecule has 0 aliphatic carbocycles. The Morgan fingerprint density at radius 2 is 2.35 bits per heavy atom. The van der Waals surface area contributed by atoms with Crippen molar-refractivity contribution in [2.75, 3.05) is 45.7 Å². The van der Waals surface area contributed by atoms with Crippen LogP contribution in [0.15, 0.2) is 24.3 Å². The molecule has 2 rings (SSSR count). The van der Waals surface area contributed by atoms with E-state index in [4.69, 9.17) is 4.74 Å². The minimum Gasteiger partial charge on any atom is -0.497 e. The first-order valence-corrected chi connectivity index (χ1v) is 7.02. The second-order valence-corrected chi connectivity index (χ2v) is 5.23. The Bertz CT molecular complexity index is 450. The van der Waals surface area contributed by atoms with Crippen LogP contribution in [0, 0.1) is 5.92 Å². The van der Waals surface area contributed by atoms with Crippen molar-refractivity contribution in [1.82, 2.24) is 10.2 Å². The molecule has 0 spiro atoms. The number of methoxy groups -OCH3 is 1. The van der Waals surface area contributed by atoms with Crippen molar-refractivity contribution in [1.29, 1.82) is 0 Å². The topological polar surface area (TPSA) is 53.6 Å². The Labute approximate surface area is 120 Å². The Balaban J connectivity index is 1.80. The number of anilines is 1. The Hall–Kier alpha value is -1.59. The molecule has 0 radical (unpaired) electrons. The van der Waals surface area contributed by atoms with Gasteiger partial charge in [0.2, 0.25) is 5.91 Å². The number of likely N-dealkylation sites (tertiary alicyclic amines) is 1. The molecule has 0 saturated carbocycles. The van der Waals surface area contributed by atoms with Gasteiger partial charge in [0.05, 0.1) is 13.7 Å². The number of hydrogen-bond donors (Lipinski definition) is 2. The first-order valence-electron chi connectivity index (χ1n) is 7.02. The number of benzene rings is 1. The second kappa shape index (κ2) is 7.26. The number of amides is 1. The summed E-state index contributed by atoms with van der Waals surface area (Å²) in [7, 11) is 3.59. The number of nitrogens with zero attached hydrogens (tertiary/aromatic N) is 1. The van der Waals surface area contributed by atoms with Gasteiger partial charge in [0.15, 0.2) is 0 Å². The summed E-state index contributed by atoms with van der Waals surface area (Å²) in [5.74, 6) is 1.44. The summed E-state index contributed by atoms with van der Waals surface area (Å²) in [5.41, 5.74) is 0.778. The zero-order valence-electron chi connectivity index (χ0n) is 12.2. The van der Waals surface area contributed by atoms with Crippen molar-refractivity contribution in [3.05, 3.63) is 24.3 Å². The minimum absolute atomic E-state index is 0.0309. The molecule has 5 nitrogen and oxygen atoms in total. The van der Waals surface area contributed by atoms with Gasteiger partial charge in [0, 0.05) is 18.3 Å². The molecule has 110 valence electrons. The smallest absolute Gasteiger partial charge is 0.238 e. The predicted molar refractivity (Wildman–Crippen MR) is 80.1 cm³/mol. The van der Waals surface area contributed by atoms with Gasteiger partial charge in [-0.2, -0.15) is 0 Å². The van der Waals surface area contributed by atoms with Crippen LogP contribution >= 0.6 is 0 Å². The molecule has 20 heavy (non-hydrogen) atoms. The molecular formula is C15H23N3O2. The number of ether oxygens (including phenoxy) is 1. The van der Waals surface area contributed by atoms with Crippen molar-refractivity contribution in [3.8, 4) is 5.75 Å². The standard InChI is InChI=1S/C15H23N3O2/c1-16-9-12-6-7-18(10-12)11-15(19)17-13-4-3-5-14(8-13)20-2/h3-5,8,12,16H,6-7,9-11H2,1-2H3,(H,17,19). The van der Waals surface area contributed by atoms with E-state index in [0.29, 0.717) is 12.5 Å². The van der Waals surface area contributed by atoms with Gasteiger partial charge >= 0.3 is 0 Å². The van der Waals surface area contributed by atoms with Crippen molar-refractivity contribution < 1.29 is 9.53 Å². The van der Waals surface area contributed by atoms with Crippen LogP contribution in [0.1, 0.15) is 6.42 Å². The average molecular weight is 277 g/mol. The third-order valence-corrected chi connectivity index (χ3v) is 3.58. The quantitative estimate of drug-likeness (QED) is 0.820. The van der Waals surface area contributed by atoms with Crippen molar-refractivity contribution in [2.45, 2.75) is 6.42 Å². The van der Waals surface area contributed by atoms with Crippen LogP contribution in [0.25, 0.3) is 0 Å². The molecule has 1 heterocycles. The highest BCUT2D eigenvalue weighted by atomic mass is 16.5. The van der Waals surface area contributed by atoms with Crippen LogP contribution in [-0.2, 0) is 4.79 Å². The third-order valence-electron chi connectivity index (χ3n) is 3.58. The van der Waals surface area contributed by atoms with Crippen LogP contribution in [0.2, 0.25) is 0 Å². The fraction of sp³-hybridized carbons (Fsp3) is 0.533. The maximum atomic E-state index is 12.0. The van der Waals surface area contributed by atoms with Crippen LogP contribution < -0.4 is 15.4 Å². The molecule has 1 aliphatic rings. The lowest BCUT2D eigenvalue weighted by molar-refractivity contribution is -0.117. The van der Waals surface area contributed by atoms with E-state index in [1.807, 2.05) is 31.3 Å². The zero-order chi connectivity index (χ0) is 14.4. The summed E-state index contributed by atoms with van der Waals surface area (Å²) < 4.78 is 5.14. The summed E-state index contributed by atoms with van der Waals surface area (Å²) in [6.45, 7) is 3.47. The summed E-state index contributed by atoms with van der Waals surface area (Å²) in [6.07, 6.45) is 1.16. The van der Waals surface area contributed by atoms with Gasteiger partial charge in [0.25, 0.3) is 0 Å². The lowest BCUT2D eigenvalue weighted by Gasteiger charge is -2.15. The largest absolute Gasteiger partial charge is 0.497 e. The lowest BCUT2D eigenvalue weighted by Crippen LogP contribution is -2.32. The van der Waals surface area contributed by atoms with Gasteiger partial charge in [0.1, 0.15) is 5.75 Å². The van der Waals surface area contributed by atoms with E-state index >= 15 is 0 Å². The summed E-state index contributed by atoms with van der Waals surface area (Å²) >= 11 is 0. The minimum atomic E-state index is 0.0309. The highest BCUT2D eigenvalue weighted by molar-refractivity contribution is 5.92. The SMILES string of the molecule is CNCC1CCN(CC(=O)Nc2cccc(OC)c2)C1. The van der Waals surface area contributed by atoms with Crippen LogP contribution in [0.4, 0.5) is 5.69 Å². The molecule has 5 heteroatoms. The van der Waals surface area contributed by atoms with E-state index in [9.17, 15) is 4.79 Å². The molecule has 0 bridgehead atoms. The van der Waals surface area contributed by atoms with Crippen LogP contribution in [-0.4, -0.2) is 51.1 Å². The second-order valence-electron chi connectivity index (χ2n) is 5.23. The van der Waals surface area contributed by atoms with Gasteiger partial charge in [-0.05, 0) is 44.6 Å². The maximum Gasteiger partial charge on any atom is 0.238 e. The fourth-order valence-corrected chi connectivity index (χ4v) is 2.62. The summed E-state index contributed by atoms with van der Waals surface area (Å²) in [6, 6.07) is 7.42. The highest BCUT2D eigenvalue weighted by Crippen LogP contribution is 2.18. The maximum absolute atomic E-state index is 12.0. The van der Waals surface area contributed by atoms with E-state index in [1.165, 1.54) is 0 Å². The van der Waals surface area contributed by atoms with E-state index in [0.717, 1.165) is 37.5 Å². The van der Waals surface area contributed by atoms with Crippen molar-refractivity contribution in [2.24, 2.45) is 5.92 Å². The summed E-state index contributed by atoms with van der Waals surface area (Å²) in [5, 5.41) is 6.11. The third kappa shape index (κ3) is 4.21. The van der Waals surface area contributed by atoms with Crippen LogP contribution in [0.3, 0.4) is 0 Å². The number of rotatable bonds is 6. The molecule has 1 aliphatic heterocycles. The van der Waals surface area contributed by atoms with Gasteiger partial charge in [-0.1, -0.05) is 6.07 Å². The average Bonchev–Trinajstić information content (AvgIpc) is 2.86. The molecule has 1 amide bonds. The van der Waals surface area contributed by atoms with E-state index in [2.05, 4.69) is 15.5 Å². The fourth-order valence-electron chi connectivity index (χ4n) is 2.62. The van der Waals surface area contributed by atoms with E-state index in [-0.39, 0.29) is 5.91 Å². The molecule has 1 atom stereocenters. The van der Waals surface area contributed by atoms with Gasteiger partial charge < -0.3 is 15.4 Å². The molecule has 0 aromatic heterocycles. The number of carbonyl (C=O) groups excluding carboxylic acids is 1. The zero-order valence-corrected chi connectivity index (χ0v) is 12.2. The summed E-state index contributed by atoms with van der Waals surface area (Å²) in [4.78, 5) is 14.2. The highest BCUT2D eigenvalue weighted by Gasteiger charge is 2.23. The Morgan fingerprint density at radius 3 is 3.10 bits per heavy atom. The Morgan fingerprint density at radius 1 is 1.50 bits per heavy atom. The molecule has 1 aromatic rings. The van der Waals surface area contributed by atoms with Crippen molar-refractivity contribution in [3.63, 3.8) is 0 Å². The van der Waals surface area contributed by atoms with E-state index in [1.54, 1.807) is 7.11 Å². The van der Waals surface area contributed by atoms with Gasteiger partial charge in [-0.25, -0.2) is 0 Å². The van der Waals surface area contributed by atoms with Gasteiger partial charge in [-0.15, -0.1) is 0 Å². The Kier molecular flexibility index (Phi) is 5.38. The van der Waals surface area contributed by atoms with Gasteiger partial charge in [-0.3, -0.25) is 9.69 Å². The predicted octanol–water partition coefficient (Wildman–Crippen LogP) is 1.17. The lowest BCUT2D eigenvalue weighted by atomic mass is 10.1.